The van der Waals surface area contributed by atoms with Crippen LogP contribution in [0.5, 0.6) is 5.75 Å². The fraction of sp³-hybridized carbons (Fsp3) is 0.444. The first kappa shape index (κ1) is 16.9. The third kappa shape index (κ3) is 3.60. The van der Waals surface area contributed by atoms with E-state index in [4.69, 9.17) is 4.74 Å². The van der Waals surface area contributed by atoms with E-state index in [0.717, 1.165) is 42.4 Å². The van der Waals surface area contributed by atoms with Gasteiger partial charge >= 0.3 is 0 Å². The lowest BCUT2D eigenvalue weighted by Crippen LogP contribution is -2.42. The molecule has 1 aromatic carbocycles. The number of nitrogens with zero attached hydrogens (tertiary/aromatic N) is 2. The summed E-state index contributed by atoms with van der Waals surface area (Å²) in [6, 6.07) is 7.76. The maximum absolute atomic E-state index is 12.8. The number of thiazole rings is 1. The van der Waals surface area contributed by atoms with Crippen molar-refractivity contribution in [1.82, 2.24) is 15.2 Å². The summed E-state index contributed by atoms with van der Waals surface area (Å²) < 4.78 is 5.39. The molecule has 1 saturated heterocycles. The Balaban J connectivity index is 1.76. The SMILES string of the molecule is CNC[C@H]1CCCN(C(=O)c2csc(-c3ccccc3OC)n2)C1. The van der Waals surface area contributed by atoms with Gasteiger partial charge in [0.25, 0.3) is 5.91 Å². The van der Waals surface area contributed by atoms with Crippen LogP contribution in [-0.2, 0) is 0 Å². The summed E-state index contributed by atoms with van der Waals surface area (Å²) in [7, 11) is 3.61. The van der Waals surface area contributed by atoms with E-state index < -0.39 is 0 Å². The molecular weight excluding hydrogens is 322 g/mol. The molecule has 1 amide bonds. The summed E-state index contributed by atoms with van der Waals surface area (Å²) in [6.07, 6.45) is 2.23. The first-order valence-electron chi connectivity index (χ1n) is 8.25. The number of aromatic nitrogens is 1. The Kier molecular flexibility index (Phi) is 5.48. The largest absolute Gasteiger partial charge is 0.496 e. The van der Waals surface area contributed by atoms with Gasteiger partial charge in [-0.2, -0.15) is 0 Å². The normalized spacial score (nSPS) is 17.8. The molecular formula is C18H23N3O2S. The number of likely N-dealkylation sites (tertiary alicyclic amines) is 1. The molecule has 0 unspecified atom stereocenters. The molecule has 1 aromatic heterocycles. The summed E-state index contributed by atoms with van der Waals surface area (Å²) in [6.45, 7) is 2.58. The van der Waals surface area contributed by atoms with E-state index in [0.29, 0.717) is 11.6 Å². The van der Waals surface area contributed by atoms with E-state index in [1.165, 1.54) is 17.8 Å². The first-order chi connectivity index (χ1) is 11.7. The van der Waals surface area contributed by atoms with Gasteiger partial charge in [0, 0.05) is 18.5 Å². The van der Waals surface area contributed by atoms with Gasteiger partial charge in [-0.15, -0.1) is 11.3 Å². The molecule has 1 aliphatic heterocycles. The number of ether oxygens (including phenoxy) is 1. The zero-order valence-corrected chi connectivity index (χ0v) is 14.9. The Morgan fingerprint density at radius 3 is 3.08 bits per heavy atom. The standard InChI is InChI=1S/C18H23N3O2S/c1-19-10-13-6-5-9-21(11-13)18(22)15-12-24-17(20-15)14-7-3-4-8-16(14)23-2/h3-4,7-8,12-13,19H,5-6,9-11H2,1-2H3/t13-/m1/s1. The van der Waals surface area contributed by atoms with E-state index in [1.54, 1.807) is 7.11 Å². The molecule has 0 aliphatic carbocycles. The van der Waals surface area contributed by atoms with E-state index in [1.807, 2.05) is 41.6 Å². The molecule has 2 heterocycles. The van der Waals surface area contributed by atoms with Crippen molar-refractivity contribution in [3.8, 4) is 16.3 Å². The van der Waals surface area contributed by atoms with Gasteiger partial charge < -0.3 is 15.0 Å². The molecule has 6 heteroatoms. The van der Waals surface area contributed by atoms with Crippen LogP contribution in [0.15, 0.2) is 29.6 Å². The Hall–Kier alpha value is -1.92. The quantitative estimate of drug-likeness (QED) is 0.905. The maximum Gasteiger partial charge on any atom is 0.273 e. The first-order valence-corrected chi connectivity index (χ1v) is 9.13. The van der Waals surface area contributed by atoms with Gasteiger partial charge in [0.05, 0.1) is 12.7 Å². The van der Waals surface area contributed by atoms with Crippen LogP contribution in [-0.4, -0.2) is 49.6 Å². The predicted molar refractivity (Wildman–Crippen MR) is 96.7 cm³/mol. The number of hydrogen-bond donors (Lipinski definition) is 1. The maximum atomic E-state index is 12.8. The molecule has 128 valence electrons. The summed E-state index contributed by atoms with van der Waals surface area (Å²) in [4.78, 5) is 19.3. The molecule has 3 rings (SSSR count). The van der Waals surface area contributed by atoms with Gasteiger partial charge in [-0.1, -0.05) is 12.1 Å². The average molecular weight is 345 g/mol. The van der Waals surface area contributed by atoms with E-state index in [-0.39, 0.29) is 5.91 Å². The highest BCUT2D eigenvalue weighted by Gasteiger charge is 2.25. The molecule has 1 aliphatic rings. The van der Waals surface area contributed by atoms with Crippen LogP contribution in [0.4, 0.5) is 0 Å². The van der Waals surface area contributed by atoms with E-state index in [2.05, 4.69) is 10.3 Å². The lowest BCUT2D eigenvalue weighted by atomic mass is 9.98. The molecule has 0 spiro atoms. The minimum Gasteiger partial charge on any atom is -0.496 e. The fourth-order valence-corrected chi connectivity index (χ4v) is 4.01. The van der Waals surface area contributed by atoms with Crippen LogP contribution in [0.2, 0.25) is 0 Å². The molecule has 0 saturated carbocycles. The van der Waals surface area contributed by atoms with E-state index >= 15 is 0 Å². The van der Waals surface area contributed by atoms with Gasteiger partial charge in [0.1, 0.15) is 16.5 Å². The second-order valence-electron chi connectivity index (χ2n) is 6.06. The van der Waals surface area contributed by atoms with Gasteiger partial charge in [-0.25, -0.2) is 4.98 Å². The highest BCUT2D eigenvalue weighted by Crippen LogP contribution is 2.32. The second-order valence-corrected chi connectivity index (χ2v) is 6.91. The number of carbonyl (C=O) groups is 1. The molecule has 2 aromatic rings. The molecule has 1 N–H and O–H groups in total. The van der Waals surface area contributed by atoms with Gasteiger partial charge in [0.15, 0.2) is 0 Å². The number of amides is 1. The molecule has 24 heavy (non-hydrogen) atoms. The molecule has 1 atom stereocenters. The number of rotatable bonds is 5. The number of nitrogens with one attached hydrogen (secondary N) is 1. The van der Waals surface area contributed by atoms with Crippen molar-refractivity contribution in [2.24, 2.45) is 5.92 Å². The highest BCUT2D eigenvalue weighted by atomic mass is 32.1. The lowest BCUT2D eigenvalue weighted by Gasteiger charge is -2.32. The van der Waals surface area contributed by atoms with Gasteiger partial charge in [-0.3, -0.25) is 4.79 Å². The van der Waals surface area contributed by atoms with Crippen molar-refractivity contribution in [3.05, 3.63) is 35.3 Å². The second kappa shape index (κ2) is 7.77. The molecule has 5 nitrogen and oxygen atoms in total. The van der Waals surface area contributed by atoms with Crippen molar-refractivity contribution in [2.75, 3.05) is 33.8 Å². The number of benzene rings is 1. The topological polar surface area (TPSA) is 54.5 Å². The summed E-state index contributed by atoms with van der Waals surface area (Å²) >= 11 is 1.48. The minimum atomic E-state index is 0.0354. The predicted octanol–water partition coefficient (Wildman–Crippen LogP) is 2.89. The number of methoxy groups -OCH3 is 1. The minimum absolute atomic E-state index is 0.0354. The number of hydrogen-bond acceptors (Lipinski definition) is 5. The Bertz CT molecular complexity index is 699. The van der Waals surface area contributed by atoms with Crippen LogP contribution in [0.3, 0.4) is 0 Å². The molecule has 0 bridgehead atoms. The number of carbonyl (C=O) groups excluding carboxylic acids is 1. The van der Waals surface area contributed by atoms with Crippen LogP contribution in [0.1, 0.15) is 23.3 Å². The van der Waals surface area contributed by atoms with Crippen molar-refractivity contribution in [2.45, 2.75) is 12.8 Å². The van der Waals surface area contributed by atoms with Gasteiger partial charge in [-0.05, 0) is 44.5 Å². The van der Waals surface area contributed by atoms with Crippen molar-refractivity contribution < 1.29 is 9.53 Å². The number of piperidine rings is 1. The fourth-order valence-electron chi connectivity index (χ4n) is 3.18. The molecule has 0 radical (unpaired) electrons. The third-order valence-corrected chi connectivity index (χ3v) is 5.24. The smallest absolute Gasteiger partial charge is 0.273 e. The Morgan fingerprint density at radius 2 is 2.29 bits per heavy atom. The highest BCUT2D eigenvalue weighted by molar-refractivity contribution is 7.13. The zero-order chi connectivity index (χ0) is 16.9. The monoisotopic (exact) mass is 345 g/mol. The van der Waals surface area contributed by atoms with Crippen molar-refractivity contribution in [1.29, 1.82) is 0 Å². The van der Waals surface area contributed by atoms with Crippen LogP contribution in [0.25, 0.3) is 10.6 Å². The Morgan fingerprint density at radius 1 is 1.46 bits per heavy atom. The van der Waals surface area contributed by atoms with Crippen LogP contribution in [0, 0.1) is 5.92 Å². The zero-order valence-electron chi connectivity index (χ0n) is 14.1. The summed E-state index contributed by atoms with van der Waals surface area (Å²) in [5.74, 6) is 1.34. The van der Waals surface area contributed by atoms with E-state index in [9.17, 15) is 4.79 Å². The summed E-state index contributed by atoms with van der Waals surface area (Å²) in [5.41, 5.74) is 1.46. The Labute approximate surface area is 146 Å². The van der Waals surface area contributed by atoms with Crippen molar-refractivity contribution >= 4 is 17.2 Å². The summed E-state index contributed by atoms with van der Waals surface area (Å²) in [5, 5.41) is 5.88. The third-order valence-electron chi connectivity index (χ3n) is 4.36. The van der Waals surface area contributed by atoms with Crippen LogP contribution < -0.4 is 10.1 Å². The molecule has 1 fully saturated rings. The van der Waals surface area contributed by atoms with Crippen LogP contribution >= 0.6 is 11.3 Å². The number of para-hydroxylation sites is 1. The van der Waals surface area contributed by atoms with Gasteiger partial charge in [0.2, 0.25) is 0 Å². The van der Waals surface area contributed by atoms with Crippen molar-refractivity contribution in [3.63, 3.8) is 0 Å². The average Bonchev–Trinajstić information content (AvgIpc) is 3.11. The lowest BCUT2D eigenvalue weighted by molar-refractivity contribution is 0.0669.